The topological polar surface area (TPSA) is 84.9 Å². The number of carboxylic acids is 1. The van der Waals surface area contributed by atoms with Crippen LogP contribution < -0.4 is 14.8 Å². The molecular formula is C19H29NO5. The monoisotopic (exact) mass is 351 g/mol. The number of hydrogen-bond acceptors (Lipinski definition) is 4. The molecule has 0 aliphatic rings. The summed E-state index contributed by atoms with van der Waals surface area (Å²) in [6, 6.07) is 5.70. The number of carboxylic acid groups (broad SMARTS) is 1. The molecular weight excluding hydrogens is 322 g/mol. The van der Waals surface area contributed by atoms with Gasteiger partial charge in [0.15, 0.2) is 11.5 Å². The molecule has 1 aromatic rings. The Hall–Kier alpha value is -2.24. The van der Waals surface area contributed by atoms with E-state index in [0.29, 0.717) is 37.3 Å². The maximum absolute atomic E-state index is 12.3. The third kappa shape index (κ3) is 7.03. The second-order valence-corrected chi connectivity index (χ2v) is 6.68. The second-order valence-electron chi connectivity index (χ2n) is 6.68. The average Bonchev–Trinajstić information content (AvgIpc) is 2.58. The Balaban J connectivity index is 2.43. The number of rotatable bonds is 11. The highest BCUT2D eigenvalue weighted by Crippen LogP contribution is 2.28. The average molecular weight is 351 g/mol. The molecule has 0 aromatic heterocycles. The van der Waals surface area contributed by atoms with E-state index in [4.69, 9.17) is 14.6 Å². The summed E-state index contributed by atoms with van der Waals surface area (Å²) in [5.74, 6) is 0.545. The molecule has 0 fully saturated rings. The highest BCUT2D eigenvalue weighted by atomic mass is 16.5. The largest absolute Gasteiger partial charge is 0.493 e. The predicted molar refractivity (Wildman–Crippen MR) is 96.1 cm³/mol. The maximum atomic E-state index is 12.3. The fraction of sp³-hybridized carbons (Fsp3) is 0.579. The molecule has 0 heterocycles. The molecule has 1 rings (SSSR count). The van der Waals surface area contributed by atoms with Crippen molar-refractivity contribution >= 4 is 11.9 Å². The van der Waals surface area contributed by atoms with Crippen LogP contribution in [0.1, 0.15) is 45.1 Å². The van der Waals surface area contributed by atoms with Crippen LogP contribution in [0.2, 0.25) is 0 Å². The molecule has 0 radical (unpaired) electrons. The lowest BCUT2D eigenvalue weighted by atomic mass is 9.86. The Morgan fingerprint density at radius 3 is 2.40 bits per heavy atom. The van der Waals surface area contributed by atoms with Gasteiger partial charge in [0.25, 0.3) is 0 Å². The molecule has 1 aromatic carbocycles. The lowest BCUT2D eigenvalue weighted by Gasteiger charge is -2.23. The minimum atomic E-state index is -0.794. The summed E-state index contributed by atoms with van der Waals surface area (Å²) in [5.41, 5.74) is 0.549. The van der Waals surface area contributed by atoms with Gasteiger partial charge >= 0.3 is 5.97 Å². The Morgan fingerprint density at radius 1 is 1.12 bits per heavy atom. The van der Waals surface area contributed by atoms with Crippen LogP contribution in [0.3, 0.4) is 0 Å². The first-order chi connectivity index (χ1) is 11.8. The molecule has 25 heavy (non-hydrogen) atoms. The van der Waals surface area contributed by atoms with Crippen LogP contribution in [0, 0.1) is 5.41 Å². The summed E-state index contributed by atoms with van der Waals surface area (Å²) >= 11 is 0. The van der Waals surface area contributed by atoms with E-state index in [-0.39, 0.29) is 12.3 Å². The Morgan fingerprint density at radius 2 is 1.80 bits per heavy atom. The molecule has 0 aliphatic carbocycles. The van der Waals surface area contributed by atoms with Gasteiger partial charge in [-0.3, -0.25) is 9.59 Å². The minimum Gasteiger partial charge on any atom is -0.493 e. The lowest BCUT2D eigenvalue weighted by molar-refractivity contribution is -0.137. The number of carbonyl (C=O) groups is 2. The molecule has 0 bridgehead atoms. The zero-order chi connectivity index (χ0) is 18.9. The molecule has 2 N–H and O–H groups in total. The molecule has 6 heteroatoms. The Bertz CT molecular complexity index is 583. The van der Waals surface area contributed by atoms with Crippen molar-refractivity contribution in [2.24, 2.45) is 5.41 Å². The Labute approximate surface area is 149 Å². The van der Waals surface area contributed by atoms with Gasteiger partial charge in [-0.1, -0.05) is 26.3 Å². The molecule has 1 amide bonds. The van der Waals surface area contributed by atoms with Crippen LogP contribution in [0.15, 0.2) is 18.2 Å². The quantitative estimate of drug-likeness (QED) is 0.599. The first-order valence-corrected chi connectivity index (χ1v) is 8.51. The maximum Gasteiger partial charge on any atom is 0.303 e. The number of amides is 1. The number of aliphatic carboxylic acids is 1. The highest BCUT2D eigenvalue weighted by Gasteiger charge is 2.26. The van der Waals surface area contributed by atoms with Crippen LogP contribution in [-0.2, 0) is 16.0 Å². The number of nitrogens with one attached hydrogen (secondary N) is 1. The minimum absolute atomic E-state index is 0.0108. The molecule has 6 nitrogen and oxygen atoms in total. The summed E-state index contributed by atoms with van der Waals surface area (Å²) < 4.78 is 10.5. The summed E-state index contributed by atoms with van der Waals surface area (Å²) in [6.07, 6.45) is 2.83. The van der Waals surface area contributed by atoms with Gasteiger partial charge in [-0.2, -0.15) is 0 Å². The van der Waals surface area contributed by atoms with E-state index < -0.39 is 11.4 Å². The van der Waals surface area contributed by atoms with Crippen LogP contribution in [0.4, 0.5) is 0 Å². The van der Waals surface area contributed by atoms with Crippen molar-refractivity contribution in [2.75, 3.05) is 20.8 Å². The molecule has 0 saturated carbocycles. The van der Waals surface area contributed by atoms with Crippen LogP contribution >= 0.6 is 0 Å². The van der Waals surface area contributed by atoms with Crippen molar-refractivity contribution in [3.05, 3.63) is 23.8 Å². The van der Waals surface area contributed by atoms with E-state index in [0.717, 1.165) is 12.0 Å². The van der Waals surface area contributed by atoms with Gasteiger partial charge in [-0.15, -0.1) is 0 Å². The fourth-order valence-corrected chi connectivity index (χ4v) is 2.55. The van der Waals surface area contributed by atoms with Crippen LogP contribution in [-0.4, -0.2) is 37.7 Å². The van der Waals surface area contributed by atoms with E-state index in [2.05, 4.69) is 5.32 Å². The smallest absolute Gasteiger partial charge is 0.303 e. The number of hydrogen-bond donors (Lipinski definition) is 2. The first kappa shape index (κ1) is 20.8. The van der Waals surface area contributed by atoms with Crippen LogP contribution in [0.5, 0.6) is 11.5 Å². The lowest BCUT2D eigenvalue weighted by Crippen LogP contribution is -2.38. The van der Waals surface area contributed by atoms with Crippen molar-refractivity contribution in [3.63, 3.8) is 0 Å². The molecule has 0 aliphatic heterocycles. The SMILES string of the molecule is COc1ccc(CCNC(=O)C(C)(C)CCCCC(=O)O)cc1OC. The summed E-state index contributed by atoms with van der Waals surface area (Å²) in [7, 11) is 3.19. The van der Waals surface area contributed by atoms with Gasteiger partial charge in [-0.25, -0.2) is 0 Å². The van der Waals surface area contributed by atoms with Gasteiger partial charge < -0.3 is 19.9 Å². The fourth-order valence-electron chi connectivity index (χ4n) is 2.55. The third-order valence-corrected chi connectivity index (χ3v) is 4.20. The molecule has 0 atom stereocenters. The van der Waals surface area contributed by atoms with Gasteiger partial charge in [0.2, 0.25) is 5.91 Å². The molecule has 0 saturated heterocycles. The van der Waals surface area contributed by atoms with E-state index in [1.54, 1.807) is 14.2 Å². The van der Waals surface area contributed by atoms with Crippen molar-refractivity contribution in [1.82, 2.24) is 5.32 Å². The van der Waals surface area contributed by atoms with Gasteiger partial charge in [0.05, 0.1) is 14.2 Å². The van der Waals surface area contributed by atoms with Crippen LogP contribution in [0.25, 0.3) is 0 Å². The molecule has 0 spiro atoms. The first-order valence-electron chi connectivity index (χ1n) is 8.51. The molecule has 140 valence electrons. The molecule has 0 unspecified atom stereocenters. The standard InChI is InChI=1S/C19H29NO5/c1-19(2,11-6-5-7-17(21)22)18(23)20-12-10-14-8-9-15(24-3)16(13-14)25-4/h8-9,13H,5-7,10-12H2,1-4H3,(H,20,23)(H,21,22). The van der Waals surface area contributed by atoms with E-state index in [1.807, 2.05) is 32.0 Å². The zero-order valence-corrected chi connectivity index (χ0v) is 15.6. The van der Waals surface area contributed by atoms with Gasteiger partial charge in [0, 0.05) is 18.4 Å². The highest BCUT2D eigenvalue weighted by molar-refractivity contribution is 5.81. The summed E-state index contributed by atoms with van der Waals surface area (Å²) in [4.78, 5) is 22.9. The van der Waals surface area contributed by atoms with E-state index >= 15 is 0 Å². The Kier molecular flexibility index (Phi) is 8.25. The second kappa shape index (κ2) is 9.91. The number of benzene rings is 1. The van der Waals surface area contributed by atoms with E-state index in [9.17, 15) is 9.59 Å². The normalized spacial score (nSPS) is 11.0. The zero-order valence-electron chi connectivity index (χ0n) is 15.6. The number of carbonyl (C=O) groups excluding carboxylic acids is 1. The summed E-state index contributed by atoms with van der Waals surface area (Å²) in [5, 5.41) is 11.6. The number of unbranched alkanes of at least 4 members (excludes halogenated alkanes) is 1. The van der Waals surface area contributed by atoms with Crippen molar-refractivity contribution in [2.45, 2.75) is 46.0 Å². The van der Waals surface area contributed by atoms with E-state index in [1.165, 1.54) is 0 Å². The summed E-state index contributed by atoms with van der Waals surface area (Å²) in [6.45, 7) is 4.31. The third-order valence-electron chi connectivity index (χ3n) is 4.20. The number of ether oxygens (including phenoxy) is 2. The van der Waals surface area contributed by atoms with Crippen molar-refractivity contribution in [1.29, 1.82) is 0 Å². The van der Waals surface area contributed by atoms with Gasteiger partial charge in [0.1, 0.15) is 0 Å². The number of methoxy groups -OCH3 is 2. The van der Waals surface area contributed by atoms with Crippen molar-refractivity contribution in [3.8, 4) is 11.5 Å². The van der Waals surface area contributed by atoms with Gasteiger partial charge in [-0.05, 0) is 37.0 Å². The van der Waals surface area contributed by atoms with Crippen molar-refractivity contribution < 1.29 is 24.2 Å². The predicted octanol–water partition coefficient (Wildman–Crippen LogP) is 3.03.